The van der Waals surface area contributed by atoms with Gasteiger partial charge in [0.2, 0.25) is 0 Å². The van der Waals surface area contributed by atoms with Gasteiger partial charge in [0.1, 0.15) is 12.4 Å². The monoisotopic (exact) mass is 614 g/mol. The van der Waals surface area contributed by atoms with Crippen molar-refractivity contribution in [2.75, 3.05) is 20.8 Å². The van der Waals surface area contributed by atoms with E-state index in [4.69, 9.17) is 18.9 Å². The van der Waals surface area contributed by atoms with Crippen LogP contribution in [0.15, 0.2) is 87.8 Å². The molecule has 5 rings (SSSR count). The van der Waals surface area contributed by atoms with Crippen LogP contribution in [0, 0.1) is 0 Å². The molecule has 0 spiro atoms. The van der Waals surface area contributed by atoms with Crippen LogP contribution in [0.25, 0.3) is 6.08 Å². The fourth-order valence-electron chi connectivity index (χ4n) is 4.92. The van der Waals surface area contributed by atoms with Crippen molar-refractivity contribution in [1.82, 2.24) is 4.57 Å². The highest BCUT2D eigenvalue weighted by atomic mass is 32.1. The number of benzene rings is 3. The minimum atomic E-state index is -1.01. The Bertz CT molecular complexity index is 1960. The second kappa shape index (κ2) is 13.0. The van der Waals surface area contributed by atoms with Gasteiger partial charge < -0.3 is 24.1 Å². The van der Waals surface area contributed by atoms with Gasteiger partial charge in [-0.2, -0.15) is 0 Å². The Hall–Kier alpha value is -5.16. The van der Waals surface area contributed by atoms with Crippen LogP contribution >= 0.6 is 11.3 Å². The van der Waals surface area contributed by atoms with Crippen LogP contribution in [0.4, 0.5) is 0 Å². The summed E-state index contributed by atoms with van der Waals surface area (Å²) in [4.78, 5) is 43.4. The van der Waals surface area contributed by atoms with Crippen molar-refractivity contribution in [3.8, 4) is 17.2 Å². The molecule has 44 heavy (non-hydrogen) atoms. The molecule has 0 fully saturated rings. The van der Waals surface area contributed by atoms with Gasteiger partial charge in [-0.05, 0) is 73.0 Å². The lowest BCUT2D eigenvalue weighted by molar-refractivity contribution is -0.139. The van der Waals surface area contributed by atoms with Crippen LogP contribution in [0.1, 0.15) is 46.9 Å². The first kappa shape index (κ1) is 30.3. The zero-order valence-corrected chi connectivity index (χ0v) is 25.3. The fourth-order valence-corrected chi connectivity index (χ4v) is 5.96. The smallest absolute Gasteiger partial charge is 0.338 e. The van der Waals surface area contributed by atoms with Crippen LogP contribution < -0.4 is 29.1 Å². The maximum Gasteiger partial charge on any atom is 0.338 e. The minimum Gasteiger partial charge on any atom is -0.497 e. The third kappa shape index (κ3) is 6.13. The molecule has 1 aliphatic heterocycles. The fraction of sp³-hybridized carbons (Fsp3) is 0.212. The van der Waals surface area contributed by atoms with Gasteiger partial charge >= 0.3 is 11.9 Å². The average Bonchev–Trinajstić information content (AvgIpc) is 3.33. The third-order valence-electron chi connectivity index (χ3n) is 6.98. The summed E-state index contributed by atoms with van der Waals surface area (Å²) in [6, 6.07) is 18.2. The van der Waals surface area contributed by atoms with Gasteiger partial charge in [0.15, 0.2) is 16.3 Å². The number of allylic oxidation sites excluding steroid dienone is 1. The number of aromatic carboxylic acids is 1. The van der Waals surface area contributed by atoms with E-state index in [1.165, 1.54) is 29.1 Å². The van der Waals surface area contributed by atoms with Crippen LogP contribution in [0.3, 0.4) is 0 Å². The molecule has 1 aliphatic rings. The number of hydrogen-bond donors (Lipinski definition) is 1. The summed E-state index contributed by atoms with van der Waals surface area (Å²) in [5, 5.41) is 9.25. The maximum atomic E-state index is 13.9. The predicted molar refractivity (Wildman–Crippen MR) is 164 cm³/mol. The molecule has 0 radical (unpaired) electrons. The summed E-state index contributed by atoms with van der Waals surface area (Å²) in [6.07, 6.45) is 1.73. The molecule has 1 aromatic heterocycles. The molecule has 4 aromatic rings. The van der Waals surface area contributed by atoms with E-state index in [1.54, 1.807) is 81.6 Å². The zero-order valence-electron chi connectivity index (χ0n) is 24.5. The van der Waals surface area contributed by atoms with Gasteiger partial charge in [-0.3, -0.25) is 9.36 Å². The topological polar surface area (TPSA) is 126 Å². The number of carboxylic acids is 1. The number of esters is 1. The highest BCUT2D eigenvalue weighted by molar-refractivity contribution is 7.07. The highest BCUT2D eigenvalue weighted by Crippen LogP contribution is 2.33. The molecule has 1 N–H and O–H groups in total. The van der Waals surface area contributed by atoms with E-state index in [1.807, 2.05) is 6.07 Å². The molecule has 2 heterocycles. The Morgan fingerprint density at radius 2 is 1.82 bits per heavy atom. The Morgan fingerprint density at radius 1 is 1.02 bits per heavy atom. The number of thiazole rings is 1. The van der Waals surface area contributed by atoms with Crippen molar-refractivity contribution in [1.29, 1.82) is 0 Å². The summed E-state index contributed by atoms with van der Waals surface area (Å²) in [5.41, 5.74) is 2.69. The summed E-state index contributed by atoms with van der Waals surface area (Å²) in [5.74, 6) is -0.0614. The molecule has 0 bridgehead atoms. The number of fused-ring (bicyclic) bond motifs is 1. The van der Waals surface area contributed by atoms with E-state index < -0.39 is 18.0 Å². The average molecular weight is 615 g/mol. The van der Waals surface area contributed by atoms with Crippen LogP contribution in [0.2, 0.25) is 0 Å². The molecule has 0 aliphatic carbocycles. The number of nitrogens with zero attached hydrogens (tertiary/aromatic N) is 2. The highest BCUT2D eigenvalue weighted by Gasteiger charge is 2.33. The van der Waals surface area contributed by atoms with E-state index in [0.29, 0.717) is 49.0 Å². The number of carbonyl (C=O) groups is 2. The lowest BCUT2D eigenvalue weighted by Crippen LogP contribution is -2.39. The van der Waals surface area contributed by atoms with Gasteiger partial charge in [-0.15, -0.1) is 0 Å². The largest absolute Gasteiger partial charge is 0.497 e. The van der Waals surface area contributed by atoms with E-state index >= 15 is 0 Å². The lowest BCUT2D eigenvalue weighted by Gasteiger charge is -2.25. The number of methoxy groups -OCH3 is 2. The first-order valence-electron chi connectivity index (χ1n) is 13.7. The molecule has 10 nitrogen and oxygen atoms in total. The first-order valence-corrected chi connectivity index (χ1v) is 14.5. The normalized spacial score (nSPS) is 14.5. The summed E-state index contributed by atoms with van der Waals surface area (Å²) >= 11 is 1.22. The van der Waals surface area contributed by atoms with E-state index in [-0.39, 0.29) is 29.9 Å². The van der Waals surface area contributed by atoms with Gasteiger partial charge in [-0.1, -0.05) is 41.7 Å². The standard InChI is InChI=1S/C33H30N2O8S/c1-5-42-32(39)28-19(2)34-33-35(29(28)22-9-7-11-24(17-22)40-3)30(36)27(44-33)16-20-12-13-25(26(15-20)41-4)43-18-21-8-6-10-23(14-21)31(37)38/h6-17,29H,5,18H2,1-4H3,(H,37,38)/b27-16-/t29-/m1/s1. The third-order valence-corrected chi connectivity index (χ3v) is 7.96. The van der Waals surface area contributed by atoms with Gasteiger partial charge in [0, 0.05) is 0 Å². The second-order valence-corrected chi connectivity index (χ2v) is 10.8. The number of hydrogen-bond acceptors (Lipinski definition) is 9. The molecular formula is C33H30N2O8S. The Morgan fingerprint density at radius 3 is 2.55 bits per heavy atom. The van der Waals surface area contributed by atoms with Gasteiger partial charge in [0.25, 0.3) is 5.56 Å². The van der Waals surface area contributed by atoms with Gasteiger partial charge in [0.05, 0.1) is 48.2 Å². The maximum absolute atomic E-state index is 13.9. The van der Waals surface area contributed by atoms with Crippen molar-refractivity contribution in [2.45, 2.75) is 26.5 Å². The second-order valence-electron chi connectivity index (χ2n) is 9.78. The number of carboxylic acid groups (broad SMARTS) is 1. The van der Waals surface area contributed by atoms with Crippen molar-refractivity contribution < 1.29 is 33.6 Å². The van der Waals surface area contributed by atoms with Gasteiger partial charge in [-0.25, -0.2) is 14.6 Å². The van der Waals surface area contributed by atoms with Crippen LogP contribution in [-0.4, -0.2) is 42.4 Å². The quantitative estimate of drug-likeness (QED) is 0.265. The molecule has 0 saturated heterocycles. The SMILES string of the molecule is CCOC(=O)C1=C(C)N=c2s/c(=C\c3ccc(OCc4cccc(C(=O)O)c4)c(OC)c3)c(=O)n2[C@@H]1c1cccc(OC)c1. The number of ether oxygens (including phenoxy) is 4. The van der Waals surface area contributed by atoms with E-state index in [0.717, 1.165) is 0 Å². The van der Waals surface area contributed by atoms with Crippen molar-refractivity contribution in [2.24, 2.45) is 4.99 Å². The number of rotatable bonds is 10. The molecular weight excluding hydrogens is 584 g/mol. The molecule has 0 saturated carbocycles. The minimum absolute atomic E-state index is 0.141. The van der Waals surface area contributed by atoms with Crippen LogP contribution in [-0.2, 0) is 16.1 Å². The Kier molecular flexibility index (Phi) is 8.96. The Balaban J connectivity index is 1.52. The summed E-state index contributed by atoms with van der Waals surface area (Å²) in [7, 11) is 3.07. The van der Waals surface area contributed by atoms with Crippen molar-refractivity contribution >= 4 is 29.4 Å². The molecule has 0 unspecified atom stereocenters. The summed E-state index contributed by atoms with van der Waals surface area (Å²) < 4.78 is 24.2. The van der Waals surface area contributed by atoms with Crippen LogP contribution in [0.5, 0.6) is 17.2 Å². The molecule has 1 atom stereocenters. The van der Waals surface area contributed by atoms with E-state index in [9.17, 15) is 19.5 Å². The molecule has 226 valence electrons. The number of aromatic nitrogens is 1. The zero-order chi connectivity index (χ0) is 31.4. The molecule has 3 aromatic carbocycles. The van der Waals surface area contributed by atoms with E-state index in [2.05, 4.69) is 4.99 Å². The number of carbonyl (C=O) groups excluding carboxylic acids is 1. The molecule has 11 heteroatoms. The first-order chi connectivity index (χ1) is 21.2. The Labute approximate surface area is 256 Å². The summed E-state index contributed by atoms with van der Waals surface area (Å²) in [6.45, 7) is 3.78. The van der Waals surface area contributed by atoms with Crippen molar-refractivity contribution in [3.05, 3.63) is 120 Å². The predicted octanol–water partition coefficient (Wildman–Crippen LogP) is 4.09. The van der Waals surface area contributed by atoms with Crippen molar-refractivity contribution in [3.63, 3.8) is 0 Å². The lowest BCUT2D eigenvalue weighted by atomic mass is 9.95. The molecule has 0 amide bonds.